The number of halogens is 1. The predicted molar refractivity (Wildman–Crippen MR) is 76.0 cm³/mol. The molecule has 0 fully saturated rings. The molecule has 0 aromatic heterocycles. The molecule has 1 aromatic rings. The Labute approximate surface area is 121 Å². The summed E-state index contributed by atoms with van der Waals surface area (Å²) in [6, 6.07) is 1.91. The Bertz CT molecular complexity index is 548. The minimum atomic E-state index is -0.986. The second-order valence-corrected chi connectivity index (χ2v) is 4.79. The van der Waals surface area contributed by atoms with Crippen molar-refractivity contribution in [2.45, 2.75) is 13.0 Å². The molecule has 0 saturated heterocycles. The molecule has 0 amide bonds. The third-order valence-corrected chi connectivity index (χ3v) is 3.16. The quantitative estimate of drug-likeness (QED) is 0.490. The van der Waals surface area contributed by atoms with E-state index in [2.05, 4.69) is 10.1 Å². The second-order valence-electron chi connectivity index (χ2n) is 4.79. The minimum absolute atomic E-state index is 0.0792. The number of benzene rings is 1. The van der Waals surface area contributed by atoms with Gasteiger partial charge in [0.1, 0.15) is 11.5 Å². The lowest BCUT2D eigenvalue weighted by molar-refractivity contribution is -0.384. The number of nitro groups is 1. The molecule has 1 atom stereocenters. The highest BCUT2D eigenvalue weighted by molar-refractivity contribution is 5.91. The van der Waals surface area contributed by atoms with Crippen LogP contribution in [0, 0.1) is 15.9 Å². The van der Waals surface area contributed by atoms with Gasteiger partial charge in [-0.3, -0.25) is 10.1 Å². The molecule has 0 aliphatic carbocycles. The molecule has 0 saturated carbocycles. The van der Waals surface area contributed by atoms with Crippen LogP contribution >= 0.6 is 0 Å². The summed E-state index contributed by atoms with van der Waals surface area (Å²) in [5.41, 5.74) is -0.690. The Morgan fingerprint density at radius 3 is 2.62 bits per heavy atom. The van der Waals surface area contributed by atoms with Gasteiger partial charge in [0, 0.05) is 12.6 Å². The number of methoxy groups -OCH3 is 1. The first-order valence-electron chi connectivity index (χ1n) is 6.24. The van der Waals surface area contributed by atoms with Crippen LogP contribution in [0.5, 0.6) is 0 Å². The standard InChI is InChI=1S/C13H18FN3O4/c1-8(16(2)3)7-15-11-5-9(13(18)21-4)10(14)6-12(11)17(19)20/h5-6,8,15H,7H2,1-4H3. The van der Waals surface area contributed by atoms with E-state index in [9.17, 15) is 19.3 Å². The topological polar surface area (TPSA) is 84.7 Å². The average molecular weight is 299 g/mol. The van der Waals surface area contributed by atoms with Gasteiger partial charge in [-0.2, -0.15) is 0 Å². The third kappa shape index (κ3) is 4.12. The highest BCUT2D eigenvalue weighted by Crippen LogP contribution is 2.28. The molecule has 21 heavy (non-hydrogen) atoms. The Morgan fingerprint density at radius 1 is 1.52 bits per heavy atom. The molecule has 0 radical (unpaired) electrons. The maximum atomic E-state index is 13.7. The normalized spacial score (nSPS) is 12.1. The number of rotatable bonds is 6. The van der Waals surface area contributed by atoms with Crippen molar-refractivity contribution >= 4 is 17.3 Å². The summed E-state index contributed by atoms with van der Waals surface area (Å²) in [5, 5.41) is 13.8. The molecule has 0 bridgehead atoms. The number of hydrogen-bond acceptors (Lipinski definition) is 6. The van der Waals surface area contributed by atoms with Crippen molar-refractivity contribution in [3.63, 3.8) is 0 Å². The van der Waals surface area contributed by atoms with E-state index in [1.807, 2.05) is 25.9 Å². The number of ether oxygens (including phenoxy) is 1. The van der Waals surface area contributed by atoms with Crippen molar-refractivity contribution in [2.24, 2.45) is 0 Å². The first-order valence-corrected chi connectivity index (χ1v) is 6.24. The van der Waals surface area contributed by atoms with Crippen LogP contribution in [0.2, 0.25) is 0 Å². The van der Waals surface area contributed by atoms with Gasteiger partial charge in [-0.05, 0) is 27.1 Å². The van der Waals surface area contributed by atoms with Crippen molar-refractivity contribution in [1.29, 1.82) is 0 Å². The lowest BCUT2D eigenvalue weighted by atomic mass is 10.1. The first-order chi connectivity index (χ1) is 9.77. The van der Waals surface area contributed by atoms with E-state index in [1.165, 1.54) is 0 Å². The summed E-state index contributed by atoms with van der Waals surface area (Å²) >= 11 is 0. The van der Waals surface area contributed by atoms with Gasteiger partial charge in [0.25, 0.3) is 5.69 Å². The van der Waals surface area contributed by atoms with Gasteiger partial charge in [0.15, 0.2) is 0 Å². The number of carbonyl (C=O) groups excluding carboxylic acids is 1. The fourth-order valence-corrected chi connectivity index (χ4v) is 1.56. The smallest absolute Gasteiger partial charge is 0.340 e. The van der Waals surface area contributed by atoms with Crippen LogP contribution in [-0.2, 0) is 4.74 Å². The molecule has 0 aliphatic rings. The van der Waals surface area contributed by atoms with Crippen molar-refractivity contribution in [3.05, 3.63) is 33.6 Å². The van der Waals surface area contributed by atoms with Crippen LogP contribution in [0.15, 0.2) is 12.1 Å². The number of nitrogens with zero attached hydrogens (tertiary/aromatic N) is 2. The maximum absolute atomic E-state index is 13.7. The molecule has 0 spiro atoms. The largest absolute Gasteiger partial charge is 0.465 e. The van der Waals surface area contributed by atoms with E-state index in [0.717, 1.165) is 19.2 Å². The van der Waals surface area contributed by atoms with Crippen molar-refractivity contribution in [2.75, 3.05) is 33.1 Å². The molecule has 1 N–H and O–H groups in total. The summed E-state index contributed by atoms with van der Waals surface area (Å²) in [4.78, 5) is 23.6. The van der Waals surface area contributed by atoms with Crippen LogP contribution in [-0.4, -0.2) is 49.6 Å². The van der Waals surface area contributed by atoms with Gasteiger partial charge in [0.05, 0.1) is 23.7 Å². The van der Waals surface area contributed by atoms with Gasteiger partial charge in [-0.25, -0.2) is 9.18 Å². The predicted octanol–water partition coefficient (Wildman–Crippen LogP) is 1.88. The van der Waals surface area contributed by atoms with Crippen LogP contribution in [0.4, 0.5) is 15.8 Å². The molecule has 8 heteroatoms. The van der Waals surface area contributed by atoms with Gasteiger partial charge in [-0.1, -0.05) is 0 Å². The molecule has 1 rings (SSSR count). The van der Waals surface area contributed by atoms with Gasteiger partial charge in [0.2, 0.25) is 0 Å². The average Bonchev–Trinajstić information content (AvgIpc) is 2.43. The summed E-state index contributed by atoms with van der Waals surface area (Å²) in [6.45, 7) is 2.32. The second kappa shape index (κ2) is 6.98. The lowest BCUT2D eigenvalue weighted by Crippen LogP contribution is -2.31. The number of anilines is 1. The molecule has 7 nitrogen and oxygen atoms in total. The van der Waals surface area contributed by atoms with Crippen LogP contribution < -0.4 is 5.32 Å². The Balaban J connectivity index is 3.14. The SMILES string of the molecule is COC(=O)c1cc(NCC(C)N(C)C)c([N+](=O)[O-])cc1F. The highest BCUT2D eigenvalue weighted by Gasteiger charge is 2.22. The molecule has 0 heterocycles. The van der Waals surface area contributed by atoms with Crippen LogP contribution in [0.3, 0.4) is 0 Å². The van der Waals surface area contributed by atoms with Gasteiger partial charge in [-0.15, -0.1) is 0 Å². The fourth-order valence-electron chi connectivity index (χ4n) is 1.56. The minimum Gasteiger partial charge on any atom is -0.465 e. The van der Waals surface area contributed by atoms with E-state index < -0.39 is 22.4 Å². The van der Waals surface area contributed by atoms with E-state index in [1.54, 1.807) is 0 Å². The first kappa shape index (κ1) is 16.8. The third-order valence-electron chi connectivity index (χ3n) is 3.16. The van der Waals surface area contributed by atoms with Crippen molar-refractivity contribution in [1.82, 2.24) is 4.90 Å². The molecule has 1 aromatic carbocycles. The van der Waals surface area contributed by atoms with Crippen LogP contribution in [0.1, 0.15) is 17.3 Å². The zero-order chi connectivity index (χ0) is 16.2. The number of carbonyl (C=O) groups is 1. The summed E-state index contributed by atoms with van der Waals surface area (Å²) in [6.07, 6.45) is 0. The molecular weight excluding hydrogens is 281 g/mol. The summed E-state index contributed by atoms with van der Waals surface area (Å²) in [7, 11) is 4.85. The van der Waals surface area contributed by atoms with E-state index in [4.69, 9.17) is 0 Å². The number of likely N-dealkylation sites (N-methyl/N-ethyl adjacent to an activating group) is 1. The maximum Gasteiger partial charge on any atom is 0.340 e. The van der Waals surface area contributed by atoms with E-state index >= 15 is 0 Å². The van der Waals surface area contributed by atoms with E-state index in [-0.39, 0.29) is 17.3 Å². The molecule has 116 valence electrons. The number of nitrogens with one attached hydrogen (secondary N) is 1. The van der Waals surface area contributed by atoms with Crippen molar-refractivity contribution in [3.8, 4) is 0 Å². The number of hydrogen-bond donors (Lipinski definition) is 1. The fraction of sp³-hybridized carbons (Fsp3) is 0.462. The van der Waals surface area contributed by atoms with E-state index in [0.29, 0.717) is 6.54 Å². The van der Waals surface area contributed by atoms with Crippen LogP contribution in [0.25, 0.3) is 0 Å². The van der Waals surface area contributed by atoms with Gasteiger partial charge < -0.3 is 15.0 Å². The summed E-state index contributed by atoms with van der Waals surface area (Å²) in [5.74, 6) is -1.87. The van der Waals surface area contributed by atoms with Gasteiger partial charge >= 0.3 is 5.97 Å². The Hall–Kier alpha value is -2.22. The zero-order valence-corrected chi connectivity index (χ0v) is 12.3. The molecule has 1 unspecified atom stereocenters. The monoisotopic (exact) mass is 299 g/mol. The zero-order valence-electron chi connectivity index (χ0n) is 12.3. The lowest BCUT2D eigenvalue weighted by Gasteiger charge is -2.20. The molecule has 0 aliphatic heterocycles. The summed E-state index contributed by atoms with van der Waals surface area (Å²) < 4.78 is 18.2. The molecular formula is C13H18FN3O4. The Morgan fingerprint density at radius 2 is 2.14 bits per heavy atom. The highest BCUT2D eigenvalue weighted by atomic mass is 19.1. The number of nitro benzene ring substituents is 1. The van der Waals surface area contributed by atoms with Crippen molar-refractivity contribution < 1.29 is 18.8 Å². The number of esters is 1. The Kier molecular flexibility index (Phi) is 5.60.